The minimum atomic E-state index is -1.24. The summed E-state index contributed by atoms with van der Waals surface area (Å²) in [7, 11) is -1.24. The predicted octanol–water partition coefficient (Wildman–Crippen LogP) is 6.35. The van der Waals surface area contributed by atoms with Crippen LogP contribution in [0, 0.1) is 5.92 Å². The van der Waals surface area contributed by atoms with Crippen LogP contribution >= 0.6 is 0 Å². The van der Waals surface area contributed by atoms with Crippen molar-refractivity contribution in [2.75, 3.05) is 11.9 Å². The summed E-state index contributed by atoms with van der Waals surface area (Å²) in [6.07, 6.45) is 6.28. The number of rotatable bonds is 6. The molecule has 0 saturated carbocycles. The Morgan fingerprint density at radius 2 is 1.97 bits per heavy atom. The fourth-order valence-electron chi connectivity index (χ4n) is 3.99. The van der Waals surface area contributed by atoms with Gasteiger partial charge >= 0.3 is 6.09 Å². The molecular formula is C28H42N4O4Si. The molecule has 1 aromatic heterocycles. The average Bonchev–Trinajstić information content (AvgIpc) is 3.18. The summed E-state index contributed by atoms with van der Waals surface area (Å²) in [4.78, 5) is 30.5. The van der Waals surface area contributed by atoms with E-state index in [4.69, 9.17) is 14.5 Å². The molecule has 0 saturated heterocycles. The number of ether oxygens (including phenoxy) is 2. The van der Waals surface area contributed by atoms with Crippen molar-refractivity contribution in [2.24, 2.45) is 5.92 Å². The summed E-state index contributed by atoms with van der Waals surface area (Å²) >= 11 is 0. The maximum absolute atomic E-state index is 12.8. The van der Waals surface area contributed by atoms with Crippen LogP contribution in [-0.2, 0) is 21.0 Å². The van der Waals surface area contributed by atoms with E-state index in [0.29, 0.717) is 43.4 Å². The summed E-state index contributed by atoms with van der Waals surface area (Å²) in [6, 6.07) is 8.25. The molecule has 8 nitrogen and oxygen atoms in total. The van der Waals surface area contributed by atoms with Crippen LogP contribution in [0.4, 0.5) is 10.5 Å². The summed E-state index contributed by atoms with van der Waals surface area (Å²) in [5.74, 6) is 0.655. The van der Waals surface area contributed by atoms with Crippen LogP contribution in [0.2, 0.25) is 25.7 Å². The molecule has 2 N–H and O–H groups in total. The number of benzene rings is 1. The largest absolute Gasteiger partial charge is 0.444 e. The first-order chi connectivity index (χ1) is 17.3. The Labute approximate surface area is 221 Å². The number of carbonyl (C=O) groups is 2. The highest BCUT2D eigenvalue weighted by atomic mass is 28.3. The van der Waals surface area contributed by atoms with E-state index in [1.165, 1.54) is 0 Å². The van der Waals surface area contributed by atoms with Gasteiger partial charge in [0.1, 0.15) is 18.2 Å². The number of para-hydroxylation sites is 1. The minimum absolute atomic E-state index is 0.0365. The fraction of sp³-hybridized carbons (Fsp3) is 0.536. The summed E-state index contributed by atoms with van der Waals surface area (Å²) in [5, 5.41) is 6.06. The zero-order chi connectivity index (χ0) is 27.2. The molecule has 3 rings (SSSR count). The van der Waals surface area contributed by atoms with Crippen molar-refractivity contribution >= 4 is 25.8 Å². The van der Waals surface area contributed by atoms with Crippen molar-refractivity contribution in [2.45, 2.75) is 84.6 Å². The lowest BCUT2D eigenvalue weighted by molar-refractivity contribution is -0.116. The van der Waals surface area contributed by atoms with Gasteiger partial charge in [0.2, 0.25) is 5.91 Å². The van der Waals surface area contributed by atoms with E-state index in [2.05, 4.69) is 30.3 Å². The monoisotopic (exact) mass is 526 g/mol. The van der Waals surface area contributed by atoms with Gasteiger partial charge in [0.25, 0.3) is 0 Å². The Balaban J connectivity index is 2.02. The lowest BCUT2D eigenvalue weighted by atomic mass is 10.0. The number of nitrogens with zero attached hydrogens (tertiary/aromatic N) is 2. The molecule has 0 spiro atoms. The third kappa shape index (κ3) is 9.16. The van der Waals surface area contributed by atoms with Gasteiger partial charge < -0.3 is 24.7 Å². The normalized spacial score (nSPS) is 19.5. The van der Waals surface area contributed by atoms with Gasteiger partial charge in [-0.25, -0.2) is 9.78 Å². The molecule has 2 heterocycles. The Kier molecular flexibility index (Phi) is 9.36. The van der Waals surface area contributed by atoms with Crippen molar-refractivity contribution in [3.05, 3.63) is 48.4 Å². The molecule has 2 atom stereocenters. The van der Waals surface area contributed by atoms with Crippen LogP contribution in [0.1, 0.15) is 52.4 Å². The van der Waals surface area contributed by atoms with Crippen LogP contribution in [0.3, 0.4) is 0 Å². The van der Waals surface area contributed by atoms with Crippen molar-refractivity contribution in [1.29, 1.82) is 0 Å². The van der Waals surface area contributed by atoms with E-state index in [1.54, 1.807) is 0 Å². The van der Waals surface area contributed by atoms with Crippen molar-refractivity contribution in [1.82, 2.24) is 14.9 Å². The van der Waals surface area contributed by atoms with E-state index in [1.807, 2.05) is 74.9 Å². The molecule has 1 aliphatic heterocycles. The summed E-state index contributed by atoms with van der Waals surface area (Å²) < 4.78 is 13.6. The van der Waals surface area contributed by atoms with Gasteiger partial charge in [-0.3, -0.25) is 4.79 Å². The summed E-state index contributed by atoms with van der Waals surface area (Å²) in [5.41, 5.74) is 1.60. The van der Waals surface area contributed by atoms with Crippen molar-refractivity contribution in [3.63, 3.8) is 0 Å². The molecule has 1 aliphatic rings. The number of nitrogens with one attached hydrogen (secondary N) is 2. The second kappa shape index (κ2) is 12.1. The number of hydrogen-bond donors (Lipinski definition) is 2. The van der Waals surface area contributed by atoms with Gasteiger partial charge in [-0.05, 0) is 45.2 Å². The van der Waals surface area contributed by atoms with Crippen molar-refractivity contribution < 1.29 is 19.1 Å². The SMILES string of the molecule is C[C@@H]1/C=C\CC(NC(=O)OC(C)(C)C)c2nc(cn2COCC[Si](C)(C)C)-c2ccccc2NC(=O)C1. The third-order valence-corrected chi connectivity index (χ3v) is 7.56. The second-order valence-electron chi connectivity index (χ2n) is 11.9. The van der Waals surface area contributed by atoms with E-state index in [9.17, 15) is 9.59 Å². The third-order valence-electron chi connectivity index (χ3n) is 5.86. The topological polar surface area (TPSA) is 94.5 Å². The maximum atomic E-state index is 12.8. The van der Waals surface area contributed by atoms with Gasteiger partial charge in [0.15, 0.2) is 0 Å². The number of hydrogen-bond acceptors (Lipinski definition) is 5. The second-order valence-corrected chi connectivity index (χ2v) is 17.6. The average molecular weight is 527 g/mol. The van der Waals surface area contributed by atoms with Gasteiger partial charge in [-0.1, -0.05) is 56.9 Å². The number of carbonyl (C=O) groups excluding carboxylic acids is 2. The van der Waals surface area contributed by atoms with Crippen LogP contribution in [0.15, 0.2) is 42.6 Å². The number of aromatic nitrogens is 2. The summed E-state index contributed by atoms with van der Waals surface area (Å²) in [6.45, 7) is 15.5. The first-order valence-electron chi connectivity index (χ1n) is 13.0. The Morgan fingerprint density at radius 3 is 2.68 bits per heavy atom. The minimum Gasteiger partial charge on any atom is -0.444 e. The number of allylic oxidation sites excluding steroid dienone is 1. The molecule has 0 fully saturated rings. The number of amides is 2. The highest BCUT2D eigenvalue weighted by Gasteiger charge is 2.25. The van der Waals surface area contributed by atoms with E-state index < -0.39 is 25.8 Å². The Hall–Kier alpha value is -2.91. The highest BCUT2D eigenvalue weighted by Crippen LogP contribution is 2.30. The first kappa shape index (κ1) is 28.7. The van der Waals surface area contributed by atoms with E-state index in [0.717, 1.165) is 11.6 Å². The fourth-order valence-corrected chi connectivity index (χ4v) is 4.74. The number of imidazole rings is 1. The molecule has 202 valence electrons. The molecule has 1 aromatic carbocycles. The standard InChI is InChI=1S/C28H42N4O4Si/c1-20-11-10-14-23(31-27(34)36-28(2,3)4)26-30-24(18-32(26)19-35-15-16-37(5,6)7)21-12-8-9-13-22(21)29-25(33)17-20/h8-13,18,20,23H,14-17,19H2,1-7H3,(H,29,33)(H,31,34)/b11-10-/t20-,23?/m1/s1. The van der Waals surface area contributed by atoms with Crippen molar-refractivity contribution in [3.8, 4) is 11.3 Å². The van der Waals surface area contributed by atoms with Gasteiger partial charge in [0, 0.05) is 32.9 Å². The molecule has 37 heavy (non-hydrogen) atoms. The smallest absolute Gasteiger partial charge is 0.408 e. The highest BCUT2D eigenvalue weighted by molar-refractivity contribution is 6.76. The van der Waals surface area contributed by atoms with Crippen LogP contribution in [-0.4, -0.2) is 41.8 Å². The quantitative estimate of drug-likeness (QED) is 0.260. The molecule has 0 radical (unpaired) electrons. The Bertz CT molecular complexity index is 1110. The Morgan fingerprint density at radius 1 is 1.24 bits per heavy atom. The van der Waals surface area contributed by atoms with Gasteiger partial charge in [-0.15, -0.1) is 0 Å². The first-order valence-corrected chi connectivity index (χ1v) is 16.7. The lowest BCUT2D eigenvalue weighted by Crippen LogP contribution is -2.36. The lowest BCUT2D eigenvalue weighted by Gasteiger charge is -2.23. The molecule has 2 aromatic rings. The van der Waals surface area contributed by atoms with E-state index in [-0.39, 0.29) is 11.8 Å². The molecule has 0 aliphatic carbocycles. The number of alkyl carbamates (subject to hydrolysis) is 1. The molecule has 9 heteroatoms. The molecule has 2 bridgehead atoms. The zero-order valence-electron chi connectivity index (χ0n) is 23.3. The van der Waals surface area contributed by atoms with Crippen LogP contribution in [0.5, 0.6) is 0 Å². The van der Waals surface area contributed by atoms with Crippen LogP contribution in [0.25, 0.3) is 11.3 Å². The molecule has 1 unspecified atom stereocenters. The number of fused-ring (bicyclic) bond motifs is 4. The maximum Gasteiger partial charge on any atom is 0.408 e. The zero-order valence-corrected chi connectivity index (χ0v) is 24.3. The predicted molar refractivity (Wildman–Crippen MR) is 150 cm³/mol. The molecule has 2 amide bonds. The van der Waals surface area contributed by atoms with Crippen LogP contribution < -0.4 is 10.6 Å². The number of anilines is 1. The van der Waals surface area contributed by atoms with Gasteiger partial charge in [0.05, 0.1) is 17.4 Å². The molecular weight excluding hydrogens is 484 g/mol. The van der Waals surface area contributed by atoms with Gasteiger partial charge in [-0.2, -0.15) is 0 Å². The van der Waals surface area contributed by atoms with E-state index >= 15 is 0 Å².